The molecule has 1 aromatic carbocycles. The summed E-state index contributed by atoms with van der Waals surface area (Å²) in [6.07, 6.45) is 0.386. The molecule has 0 spiro atoms. The summed E-state index contributed by atoms with van der Waals surface area (Å²) in [7, 11) is 0. The average molecular weight is 236 g/mol. The van der Waals surface area contributed by atoms with Gasteiger partial charge in [-0.25, -0.2) is 0 Å². The molecule has 0 bridgehead atoms. The van der Waals surface area contributed by atoms with Crippen molar-refractivity contribution < 1.29 is 42.2 Å². The third-order valence-corrected chi connectivity index (χ3v) is 1.67. The molecule has 1 aliphatic heterocycles. The van der Waals surface area contributed by atoms with E-state index in [-0.39, 0.29) is 38.5 Å². The van der Waals surface area contributed by atoms with Crippen LogP contribution in [0.25, 0.3) is 0 Å². The number of ether oxygens (including phenoxy) is 1. The van der Waals surface area contributed by atoms with Crippen LogP contribution in [0.4, 0.5) is 0 Å². The minimum atomic E-state index is 0. The van der Waals surface area contributed by atoms with E-state index in [1.54, 1.807) is 12.1 Å². The van der Waals surface area contributed by atoms with Crippen LogP contribution in [-0.2, 0) is 32.7 Å². The second kappa shape index (κ2) is 4.15. The third-order valence-electron chi connectivity index (χ3n) is 1.67. The molecule has 0 aromatic heterocycles. The van der Waals surface area contributed by atoms with E-state index < -0.39 is 0 Å². The van der Waals surface area contributed by atoms with E-state index in [0.717, 1.165) is 0 Å². The summed E-state index contributed by atoms with van der Waals surface area (Å²) in [6.45, 7) is 1.53. The number of Topliss-reactive ketones (excluding diaryl/α,β-unsaturated/α-hetero) is 1. The Labute approximate surface area is 96.2 Å². The Morgan fingerprint density at radius 3 is 2.83 bits per heavy atom. The van der Waals surface area contributed by atoms with Gasteiger partial charge in [0.1, 0.15) is 5.78 Å². The predicted octanol–water partition coefficient (Wildman–Crippen LogP) is 1.81. The van der Waals surface area contributed by atoms with Crippen molar-refractivity contribution in [3.8, 4) is 5.75 Å². The summed E-state index contributed by atoms with van der Waals surface area (Å²) in [5.41, 5.74) is 0.690. The molecule has 0 atom stereocenters. The maximum atomic E-state index is 11.2. The van der Waals surface area contributed by atoms with Crippen molar-refractivity contribution in [3.05, 3.63) is 36.4 Å². The van der Waals surface area contributed by atoms with Crippen LogP contribution in [0.2, 0.25) is 0 Å². The summed E-state index contributed by atoms with van der Waals surface area (Å²) < 4.78 is 5.15. The molecule has 0 fully saturated rings. The van der Waals surface area contributed by atoms with Gasteiger partial charge in [-0.05, 0) is 12.1 Å². The standard InChI is InChI=1S/C9H7O2.Y/c10-8-5-6-11-9-4-2-1-3-7(8)9;/h1-4,6H,5H2;/q-1;. The number of ketones is 1. The molecule has 1 aromatic rings. The van der Waals surface area contributed by atoms with Gasteiger partial charge < -0.3 is 4.74 Å². The van der Waals surface area contributed by atoms with Gasteiger partial charge in [-0.15, -0.1) is 0 Å². The molecule has 0 unspecified atom stereocenters. The molecule has 12 heavy (non-hydrogen) atoms. The molecule has 1 heterocycles. The number of fused-ring (bicyclic) bond motifs is 1. The van der Waals surface area contributed by atoms with E-state index in [1.807, 2.05) is 12.1 Å². The molecule has 0 saturated carbocycles. The average Bonchev–Trinajstić information content (AvgIpc) is 2.06. The zero-order valence-electron chi connectivity index (χ0n) is 6.49. The number of rotatable bonds is 0. The summed E-state index contributed by atoms with van der Waals surface area (Å²) in [4.78, 5) is 11.2. The number of hydrogen-bond acceptors (Lipinski definition) is 2. The molecular weight excluding hydrogens is 229 g/mol. The molecule has 0 amide bonds. The van der Waals surface area contributed by atoms with Gasteiger partial charge in [0.15, 0.2) is 0 Å². The molecule has 0 aliphatic carbocycles. The first-order valence-electron chi connectivity index (χ1n) is 3.48. The van der Waals surface area contributed by atoms with Crippen LogP contribution in [0.3, 0.4) is 0 Å². The second-order valence-corrected chi connectivity index (χ2v) is 2.41. The normalized spacial score (nSPS) is 14.2. The number of benzene rings is 1. The van der Waals surface area contributed by atoms with Crippen LogP contribution in [0.15, 0.2) is 24.3 Å². The maximum absolute atomic E-state index is 11.2. The van der Waals surface area contributed by atoms with Gasteiger partial charge in [0, 0.05) is 32.7 Å². The Kier molecular flexibility index (Phi) is 3.42. The molecule has 0 N–H and O–H groups in total. The Balaban J connectivity index is 0.000000720. The SMILES string of the molecule is O=C1C[CH-]Oc2ccccc21.[Y]. The van der Waals surface area contributed by atoms with Gasteiger partial charge >= 0.3 is 0 Å². The fourth-order valence-electron chi connectivity index (χ4n) is 1.12. The first kappa shape index (κ1) is 9.88. The van der Waals surface area contributed by atoms with Gasteiger partial charge in [0.2, 0.25) is 0 Å². The van der Waals surface area contributed by atoms with E-state index in [4.69, 9.17) is 4.74 Å². The Hall–Kier alpha value is -0.206. The predicted molar refractivity (Wildman–Crippen MR) is 40.3 cm³/mol. The van der Waals surface area contributed by atoms with E-state index >= 15 is 0 Å². The molecule has 2 nitrogen and oxygen atoms in total. The van der Waals surface area contributed by atoms with Crippen molar-refractivity contribution in [2.45, 2.75) is 6.42 Å². The van der Waals surface area contributed by atoms with Crippen LogP contribution in [0.1, 0.15) is 16.8 Å². The van der Waals surface area contributed by atoms with E-state index in [9.17, 15) is 4.79 Å². The molecule has 2 rings (SSSR count). The second-order valence-electron chi connectivity index (χ2n) is 2.41. The molecular formula is C9H7O2Y-. The molecule has 0 saturated heterocycles. The fourth-order valence-corrected chi connectivity index (χ4v) is 1.12. The molecule has 59 valence electrons. The van der Waals surface area contributed by atoms with Crippen LogP contribution >= 0.6 is 0 Å². The fraction of sp³-hybridized carbons (Fsp3) is 0.111. The van der Waals surface area contributed by atoms with Crippen molar-refractivity contribution in [3.63, 3.8) is 0 Å². The van der Waals surface area contributed by atoms with Crippen LogP contribution in [-0.4, -0.2) is 5.78 Å². The van der Waals surface area contributed by atoms with Crippen molar-refractivity contribution >= 4 is 5.78 Å². The van der Waals surface area contributed by atoms with Crippen LogP contribution < -0.4 is 4.74 Å². The number of carbonyl (C=O) groups excluding carboxylic acids is 1. The smallest absolute Gasteiger partial charge is 0.139 e. The number of para-hydroxylation sites is 1. The van der Waals surface area contributed by atoms with Gasteiger partial charge in [-0.1, -0.05) is 18.6 Å². The maximum Gasteiger partial charge on any atom is 0.139 e. The quantitative estimate of drug-likeness (QED) is 0.642. The van der Waals surface area contributed by atoms with E-state index in [0.29, 0.717) is 17.7 Å². The Morgan fingerprint density at radius 1 is 1.33 bits per heavy atom. The Morgan fingerprint density at radius 2 is 2.08 bits per heavy atom. The molecule has 3 heteroatoms. The summed E-state index contributed by atoms with van der Waals surface area (Å²) in [5, 5.41) is 0. The zero-order valence-corrected chi connectivity index (χ0v) is 9.33. The van der Waals surface area contributed by atoms with Crippen molar-refractivity contribution in [2.75, 3.05) is 0 Å². The largest absolute Gasteiger partial charge is 0.661 e. The molecule has 1 aliphatic rings. The minimum Gasteiger partial charge on any atom is -0.661 e. The number of hydrogen-bond donors (Lipinski definition) is 0. The molecule has 1 radical (unpaired) electrons. The van der Waals surface area contributed by atoms with Crippen molar-refractivity contribution in [2.24, 2.45) is 0 Å². The summed E-state index contributed by atoms with van der Waals surface area (Å²) >= 11 is 0. The van der Waals surface area contributed by atoms with Gasteiger partial charge in [-0.3, -0.25) is 4.79 Å². The van der Waals surface area contributed by atoms with Crippen LogP contribution in [0.5, 0.6) is 5.75 Å². The van der Waals surface area contributed by atoms with Crippen molar-refractivity contribution in [1.82, 2.24) is 0 Å². The monoisotopic (exact) mass is 236 g/mol. The minimum absolute atomic E-state index is 0. The summed E-state index contributed by atoms with van der Waals surface area (Å²) in [5.74, 6) is 0.801. The third kappa shape index (κ3) is 1.75. The van der Waals surface area contributed by atoms with Gasteiger partial charge in [-0.2, -0.15) is 6.61 Å². The first-order chi connectivity index (χ1) is 5.38. The van der Waals surface area contributed by atoms with Crippen LogP contribution in [0, 0.1) is 6.61 Å². The van der Waals surface area contributed by atoms with Gasteiger partial charge in [0.05, 0.1) is 11.3 Å². The van der Waals surface area contributed by atoms with Gasteiger partial charge in [0.25, 0.3) is 0 Å². The van der Waals surface area contributed by atoms with E-state index in [2.05, 4.69) is 0 Å². The van der Waals surface area contributed by atoms with Crippen molar-refractivity contribution in [1.29, 1.82) is 0 Å². The zero-order chi connectivity index (χ0) is 7.68. The summed E-state index contributed by atoms with van der Waals surface area (Å²) in [6, 6.07) is 7.27. The number of carbonyl (C=O) groups is 1. The van der Waals surface area contributed by atoms with E-state index in [1.165, 1.54) is 6.61 Å². The topological polar surface area (TPSA) is 26.3 Å². The Bertz CT molecular complexity index is 296. The first-order valence-corrected chi connectivity index (χ1v) is 3.48.